The minimum Gasteiger partial charge on any atom is -0.348 e. The quantitative estimate of drug-likeness (QED) is 0.875. The molecule has 1 amide bonds. The van der Waals surface area contributed by atoms with Crippen LogP contribution in [0.15, 0.2) is 16.6 Å². The molecule has 1 aliphatic heterocycles. The van der Waals surface area contributed by atoms with Gasteiger partial charge in [-0.05, 0) is 25.1 Å². The Morgan fingerprint density at radius 2 is 2.06 bits per heavy atom. The third-order valence-corrected chi connectivity index (χ3v) is 3.09. The number of hydrogen-bond donors (Lipinski definition) is 2. The lowest BCUT2D eigenvalue weighted by atomic mass is 10.1. The van der Waals surface area contributed by atoms with E-state index in [0.717, 1.165) is 25.1 Å². The van der Waals surface area contributed by atoms with Crippen molar-refractivity contribution in [2.24, 2.45) is 0 Å². The van der Waals surface area contributed by atoms with Crippen molar-refractivity contribution in [1.29, 1.82) is 0 Å². The van der Waals surface area contributed by atoms with Crippen molar-refractivity contribution in [3.05, 3.63) is 33.8 Å². The van der Waals surface area contributed by atoms with Crippen LogP contribution in [0.2, 0.25) is 0 Å². The Hall–Kier alpha value is -1.01. The van der Waals surface area contributed by atoms with Gasteiger partial charge in [0.1, 0.15) is 17.2 Å². The number of nitrogens with one attached hydrogen (secondary N) is 2. The first-order valence-corrected chi connectivity index (χ1v) is 6.03. The summed E-state index contributed by atoms with van der Waals surface area (Å²) in [5, 5.41) is 5.66. The molecule has 1 aliphatic rings. The van der Waals surface area contributed by atoms with Crippen LogP contribution >= 0.6 is 15.9 Å². The highest BCUT2D eigenvalue weighted by molar-refractivity contribution is 9.10. The standard InChI is InChI=1S/C11H11BrF2N2O/c12-6-3-8(13)10(9(14)4-6)11(17)16-7-1-2-15-5-7/h3-4,7,15H,1-2,5H2,(H,16,17)/t7-/m0/s1. The molecule has 1 saturated heterocycles. The molecule has 3 nitrogen and oxygen atoms in total. The second-order valence-electron chi connectivity index (χ2n) is 3.91. The monoisotopic (exact) mass is 304 g/mol. The van der Waals surface area contributed by atoms with Gasteiger partial charge in [0.15, 0.2) is 0 Å². The predicted octanol–water partition coefficient (Wildman–Crippen LogP) is 1.82. The fraction of sp³-hybridized carbons (Fsp3) is 0.364. The Bertz CT molecular complexity index is 424. The van der Waals surface area contributed by atoms with Crippen LogP contribution < -0.4 is 10.6 Å². The summed E-state index contributed by atoms with van der Waals surface area (Å²) in [6.07, 6.45) is 0.769. The van der Waals surface area contributed by atoms with Gasteiger partial charge in [-0.15, -0.1) is 0 Å². The molecule has 2 N–H and O–H groups in total. The number of benzene rings is 1. The molecule has 1 heterocycles. The second kappa shape index (κ2) is 5.10. The topological polar surface area (TPSA) is 41.1 Å². The SMILES string of the molecule is O=C(N[C@H]1CCNC1)c1c(F)cc(Br)cc1F. The number of hydrogen-bond acceptors (Lipinski definition) is 2. The van der Waals surface area contributed by atoms with E-state index in [0.29, 0.717) is 6.54 Å². The van der Waals surface area contributed by atoms with Crippen LogP contribution in [0, 0.1) is 11.6 Å². The number of halogens is 3. The highest BCUT2D eigenvalue weighted by Crippen LogP contribution is 2.19. The lowest BCUT2D eigenvalue weighted by Crippen LogP contribution is -2.37. The molecular weight excluding hydrogens is 294 g/mol. The second-order valence-corrected chi connectivity index (χ2v) is 4.82. The lowest BCUT2D eigenvalue weighted by molar-refractivity contribution is 0.0931. The number of carbonyl (C=O) groups is 1. The zero-order chi connectivity index (χ0) is 12.4. The Labute approximate surface area is 106 Å². The summed E-state index contributed by atoms with van der Waals surface area (Å²) in [4.78, 5) is 11.7. The summed E-state index contributed by atoms with van der Waals surface area (Å²) in [5.74, 6) is -2.43. The van der Waals surface area contributed by atoms with Crippen LogP contribution in [0.3, 0.4) is 0 Å². The maximum atomic E-state index is 13.5. The van der Waals surface area contributed by atoms with Crippen LogP contribution in [0.25, 0.3) is 0 Å². The zero-order valence-electron chi connectivity index (χ0n) is 8.90. The summed E-state index contributed by atoms with van der Waals surface area (Å²) >= 11 is 2.96. The molecule has 1 fully saturated rings. The molecule has 0 aliphatic carbocycles. The van der Waals surface area contributed by atoms with E-state index in [1.807, 2.05) is 0 Å². The first-order chi connectivity index (χ1) is 8.08. The average molecular weight is 305 g/mol. The van der Waals surface area contributed by atoms with Gasteiger partial charge in [-0.1, -0.05) is 15.9 Å². The van der Waals surface area contributed by atoms with E-state index in [2.05, 4.69) is 26.6 Å². The molecule has 0 radical (unpaired) electrons. The molecule has 0 aromatic heterocycles. The van der Waals surface area contributed by atoms with Gasteiger partial charge >= 0.3 is 0 Å². The van der Waals surface area contributed by atoms with Gasteiger partial charge in [0.2, 0.25) is 0 Å². The lowest BCUT2D eigenvalue weighted by Gasteiger charge is -2.12. The normalized spacial score (nSPS) is 19.4. The van der Waals surface area contributed by atoms with Gasteiger partial charge in [-0.25, -0.2) is 8.78 Å². The third-order valence-electron chi connectivity index (χ3n) is 2.63. The molecule has 2 rings (SSSR count). The molecular formula is C11H11BrF2N2O. The maximum Gasteiger partial charge on any atom is 0.257 e. The summed E-state index contributed by atoms with van der Waals surface area (Å²) in [6, 6.07) is 2.08. The Morgan fingerprint density at radius 3 is 2.59 bits per heavy atom. The number of carbonyl (C=O) groups excluding carboxylic acids is 1. The summed E-state index contributed by atoms with van der Waals surface area (Å²) < 4.78 is 27.2. The largest absolute Gasteiger partial charge is 0.348 e. The molecule has 0 bridgehead atoms. The molecule has 0 spiro atoms. The van der Waals surface area contributed by atoms with Crippen molar-refractivity contribution in [3.63, 3.8) is 0 Å². The van der Waals surface area contributed by atoms with Crippen LogP contribution in [0.1, 0.15) is 16.8 Å². The predicted molar refractivity (Wildman–Crippen MR) is 62.8 cm³/mol. The maximum absolute atomic E-state index is 13.5. The minimum absolute atomic E-state index is 0.0649. The van der Waals surface area contributed by atoms with E-state index in [4.69, 9.17) is 0 Å². The van der Waals surface area contributed by atoms with Crippen LogP contribution in [-0.2, 0) is 0 Å². The van der Waals surface area contributed by atoms with Crippen LogP contribution in [0.4, 0.5) is 8.78 Å². The summed E-state index contributed by atoms with van der Waals surface area (Å²) in [7, 11) is 0. The van der Waals surface area contributed by atoms with Crippen molar-refractivity contribution in [2.45, 2.75) is 12.5 Å². The first kappa shape index (κ1) is 12.4. The van der Waals surface area contributed by atoms with Gasteiger partial charge in [0.25, 0.3) is 5.91 Å². The summed E-state index contributed by atoms with van der Waals surface area (Å²) in [5.41, 5.74) is -0.528. The molecule has 0 unspecified atom stereocenters. The molecule has 92 valence electrons. The van der Waals surface area contributed by atoms with Crippen molar-refractivity contribution in [1.82, 2.24) is 10.6 Å². The van der Waals surface area contributed by atoms with Crippen LogP contribution in [-0.4, -0.2) is 25.0 Å². The van der Waals surface area contributed by atoms with Crippen molar-refractivity contribution in [3.8, 4) is 0 Å². The smallest absolute Gasteiger partial charge is 0.257 e. The van der Waals surface area contributed by atoms with E-state index in [1.165, 1.54) is 0 Å². The fourth-order valence-corrected chi connectivity index (χ4v) is 2.20. The fourth-order valence-electron chi connectivity index (χ4n) is 1.79. The Kier molecular flexibility index (Phi) is 3.73. The van der Waals surface area contributed by atoms with Gasteiger partial charge in [0, 0.05) is 17.1 Å². The highest BCUT2D eigenvalue weighted by atomic mass is 79.9. The van der Waals surface area contributed by atoms with Gasteiger partial charge in [0.05, 0.1) is 0 Å². The zero-order valence-corrected chi connectivity index (χ0v) is 10.5. The first-order valence-electron chi connectivity index (χ1n) is 5.24. The van der Waals surface area contributed by atoms with Crippen molar-refractivity contribution < 1.29 is 13.6 Å². The summed E-state index contributed by atoms with van der Waals surface area (Å²) in [6.45, 7) is 1.43. The van der Waals surface area contributed by atoms with Gasteiger partial charge in [-0.2, -0.15) is 0 Å². The number of amides is 1. The van der Waals surface area contributed by atoms with Crippen molar-refractivity contribution >= 4 is 21.8 Å². The van der Waals surface area contributed by atoms with E-state index in [1.54, 1.807) is 0 Å². The molecule has 1 atom stereocenters. The van der Waals surface area contributed by atoms with E-state index < -0.39 is 23.1 Å². The van der Waals surface area contributed by atoms with E-state index in [-0.39, 0.29) is 10.5 Å². The molecule has 1 aromatic carbocycles. The molecule has 6 heteroatoms. The van der Waals surface area contributed by atoms with E-state index >= 15 is 0 Å². The highest BCUT2D eigenvalue weighted by Gasteiger charge is 2.22. The van der Waals surface area contributed by atoms with Gasteiger partial charge in [-0.3, -0.25) is 4.79 Å². The molecule has 1 aromatic rings. The Morgan fingerprint density at radius 1 is 1.41 bits per heavy atom. The molecule has 17 heavy (non-hydrogen) atoms. The average Bonchev–Trinajstić information content (AvgIpc) is 2.68. The molecule has 0 saturated carbocycles. The van der Waals surface area contributed by atoms with E-state index in [9.17, 15) is 13.6 Å². The van der Waals surface area contributed by atoms with Crippen LogP contribution in [0.5, 0.6) is 0 Å². The number of rotatable bonds is 2. The van der Waals surface area contributed by atoms with Crippen molar-refractivity contribution in [2.75, 3.05) is 13.1 Å². The third kappa shape index (κ3) is 2.81. The minimum atomic E-state index is -0.861. The Balaban J connectivity index is 2.18. The van der Waals surface area contributed by atoms with Gasteiger partial charge < -0.3 is 10.6 Å².